The fourth-order valence-corrected chi connectivity index (χ4v) is 11.2. The Morgan fingerprint density at radius 3 is 1.90 bits per heavy atom. The molecule has 13 aromatic rings. The second-order valence-electron chi connectivity index (χ2n) is 19.0. The van der Waals surface area contributed by atoms with Gasteiger partial charge in [-0.3, -0.25) is 4.90 Å². The van der Waals surface area contributed by atoms with Crippen molar-refractivity contribution in [1.82, 2.24) is 14.5 Å². The second-order valence-corrected chi connectivity index (χ2v) is 19.0. The van der Waals surface area contributed by atoms with Crippen molar-refractivity contribution in [2.24, 2.45) is 0 Å². The summed E-state index contributed by atoms with van der Waals surface area (Å²) in [6.45, 7) is 4.70. The number of hydrogen-bond acceptors (Lipinski definition) is 4. The van der Waals surface area contributed by atoms with Crippen LogP contribution in [-0.2, 0) is 5.41 Å². The molecule has 5 heteroatoms. The summed E-state index contributed by atoms with van der Waals surface area (Å²) in [5.41, 5.74) is 19.5. The molecule has 0 saturated heterocycles. The number of anilines is 3. The lowest BCUT2D eigenvalue weighted by atomic mass is 9.82. The van der Waals surface area contributed by atoms with Crippen LogP contribution in [0.15, 0.2) is 235 Å². The van der Waals surface area contributed by atoms with Crippen LogP contribution in [0.2, 0.25) is 0 Å². The third-order valence-electron chi connectivity index (χ3n) is 14.6. The van der Waals surface area contributed by atoms with Gasteiger partial charge in [0.2, 0.25) is 5.95 Å². The quantitative estimate of drug-likeness (QED) is 0.160. The lowest BCUT2D eigenvalue weighted by molar-refractivity contribution is 0.660. The fourth-order valence-electron chi connectivity index (χ4n) is 11.2. The zero-order valence-corrected chi connectivity index (χ0v) is 38.6. The number of benzene rings is 10. The van der Waals surface area contributed by atoms with E-state index >= 15 is 0 Å². The van der Waals surface area contributed by atoms with Gasteiger partial charge in [-0.1, -0.05) is 178 Å². The number of aromatic nitrogens is 3. The molecule has 0 N–H and O–H groups in total. The first-order valence-corrected chi connectivity index (χ1v) is 24.0. The lowest BCUT2D eigenvalue weighted by Crippen LogP contribution is -2.15. The summed E-state index contributed by atoms with van der Waals surface area (Å²) in [6, 6.07) is 82.3. The van der Waals surface area contributed by atoms with Gasteiger partial charge in [0, 0.05) is 43.9 Å². The van der Waals surface area contributed by atoms with E-state index in [1.165, 1.54) is 38.5 Å². The molecule has 0 amide bonds. The first kappa shape index (κ1) is 40.0. The molecule has 3 heterocycles. The molecule has 0 aliphatic heterocycles. The van der Waals surface area contributed by atoms with Crippen LogP contribution in [0.3, 0.4) is 0 Å². The van der Waals surface area contributed by atoms with Crippen LogP contribution in [0, 0.1) is 0 Å². The summed E-state index contributed by atoms with van der Waals surface area (Å²) in [7, 11) is 0. The van der Waals surface area contributed by atoms with Crippen molar-refractivity contribution in [1.29, 1.82) is 0 Å². The molecule has 0 bridgehead atoms. The highest BCUT2D eigenvalue weighted by Crippen LogP contribution is 2.50. The van der Waals surface area contributed by atoms with Crippen LogP contribution in [0.4, 0.5) is 17.3 Å². The Hall–Kier alpha value is -9.06. The highest BCUT2D eigenvalue weighted by molar-refractivity contribution is 6.15. The third kappa shape index (κ3) is 6.18. The van der Waals surface area contributed by atoms with E-state index in [9.17, 15) is 0 Å². The molecule has 10 aromatic carbocycles. The van der Waals surface area contributed by atoms with Gasteiger partial charge in [0.25, 0.3) is 0 Å². The predicted octanol–water partition coefficient (Wildman–Crippen LogP) is 17.4. The van der Waals surface area contributed by atoms with Crippen LogP contribution in [-0.4, -0.2) is 14.5 Å². The van der Waals surface area contributed by atoms with Crippen LogP contribution >= 0.6 is 0 Å². The number of furan rings is 1. The van der Waals surface area contributed by atoms with E-state index in [4.69, 9.17) is 14.4 Å². The topological polar surface area (TPSA) is 47.1 Å². The van der Waals surface area contributed by atoms with E-state index < -0.39 is 0 Å². The maximum absolute atomic E-state index is 6.86. The van der Waals surface area contributed by atoms with E-state index in [1.54, 1.807) is 0 Å². The third-order valence-corrected chi connectivity index (χ3v) is 14.6. The molecule has 3 aromatic heterocycles. The van der Waals surface area contributed by atoms with Crippen molar-refractivity contribution in [3.63, 3.8) is 0 Å². The van der Waals surface area contributed by atoms with Crippen molar-refractivity contribution in [3.05, 3.63) is 242 Å². The molecule has 70 heavy (non-hydrogen) atoms. The number of para-hydroxylation sites is 2. The molecule has 0 unspecified atom stereocenters. The van der Waals surface area contributed by atoms with Gasteiger partial charge in [-0.15, -0.1) is 0 Å². The van der Waals surface area contributed by atoms with Gasteiger partial charge in [-0.2, -0.15) is 0 Å². The Bertz CT molecular complexity index is 4200. The molecule has 330 valence electrons. The maximum atomic E-state index is 6.86. The molecule has 0 spiro atoms. The van der Waals surface area contributed by atoms with Gasteiger partial charge < -0.3 is 8.98 Å². The monoisotopic (exact) mass is 896 g/mol. The van der Waals surface area contributed by atoms with E-state index in [0.717, 1.165) is 88.9 Å². The Morgan fingerprint density at radius 2 is 1.07 bits per heavy atom. The Labute approximate surface area is 405 Å². The first-order valence-electron chi connectivity index (χ1n) is 24.0. The number of fused-ring (bicyclic) bond motifs is 10. The van der Waals surface area contributed by atoms with Crippen LogP contribution in [0.5, 0.6) is 0 Å². The van der Waals surface area contributed by atoms with Gasteiger partial charge in [-0.05, 0) is 111 Å². The molecule has 0 saturated carbocycles. The molecule has 5 nitrogen and oxygen atoms in total. The Kier molecular flexibility index (Phi) is 8.86. The summed E-state index contributed by atoms with van der Waals surface area (Å²) >= 11 is 0. The van der Waals surface area contributed by atoms with Gasteiger partial charge in [-0.25, -0.2) is 9.97 Å². The minimum absolute atomic E-state index is 0.106. The molecule has 0 atom stereocenters. The molecular formula is C65H44N4O. The number of nitrogens with zero attached hydrogens (tertiary/aromatic N) is 4. The molecule has 0 radical (unpaired) electrons. The SMILES string of the molecule is CC1(C)c2ccccc2-c2ccc(-n3c4ccccc4c4ccc(-c5ccc6c(c5)oc5cccc(N(c7ccc(-c8ccccc8)cc7)c7nc(-c8ccccc8)c8ccccc8n7)c56)cc43)cc21. The predicted molar refractivity (Wildman–Crippen MR) is 290 cm³/mol. The van der Waals surface area contributed by atoms with Crippen molar-refractivity contribution in [3.8, 4) is 50.3 Å². The minimum atomic E-state index is -0.106. The summed E-state index contributed by atoms with van der Waals surface area (Å²) in [4.78, 5) is 12.9. The molecule has 1 aliphatic rings. The smallest absolute Gasteiger partial charge is 0.235 e. The zero-order valence-electron chi connectivity index (χ0n) is 38.6. The van der Waals surface area contributed by atoms with Crippen molar-refractivity contribution < 1.29 is 4.42 Å². The average Bonchev–Trinajstić information content (AvgIpc) is 4.04. The number of rotatable bonds is 7. The van der Waals surface area contributed by atoms with Crippen LogP contribution < -0.4 is 4.90 Å². The summed E-state index contributed by atoms with van der Waals surface area (Å²) in [5.74, 6) is 0.573. The normalized spacial score (nSPS) is 12.8. The molecule has 14 rings (SSSR count). The molecule has 1 aliphatic carbocycles. The Balaban J connectivity index is 0.923. The van der Waals surface area contributed by atoms with Gasteiger partial charge in [0.15, 0.2) is 0 Å². The molecular weight excluding hydrogens is 853 g/mol. The average molecular weight is 897 g/mol. The van der Waals surface area contributed by atoms with Crippen molar-refractivity contribution >= 4 is 72.0 Å². The lowest BCUT2D eigenvalue weighted by Gasteiger charge is -2.25. The van der Waals surface area contributed by atoms with Crippen LogP contribution in [0.1, 0.15) is 25.0 Å². The van der Waals surface area contributed by atoms with Gasteiger partial charge in [0.1, 0.15) is 11.2 Å². The van der Waals surface area contributed by atoms with Crippen molar-refractivity contribution in [2.75, 3.05) is 4.90 Å². The molecule has 0 fully saturated rings. The van der Waals surface area contributed by atoms with Crippen molar-refractivity contribution in [2.45, 2.75) is 19.3 Å². The maximum Gasteiger partial charge on any atom is 0.235 e. The highest BCUT2D eigenvalue weighted by atomic mass is 16.3. The largest absolute Gasteiger partial charge is 0.456 e. The number of hydrogen-bond donors (Lipinski definition) is 0. The van der Waals surface area contributed by atoms with E-state index in [-0.39, 0.29) is 5.41 Å². The van der Waals surface area contributed by atoms with E-state index in [1.807, 2.05) is 18.2 Å². The van der Waals surface area contributed by atoms with Gasteiger partial charge in [0.05, 0.1) is 33.3 Å². The minimum Gasteiger partial charge on any atom is -0.456 e. The van der Waals surface area contributed by atoms with Gasteiger partial charge >= 0.3 is 0 Å². The van der Waals surface area contributed by atoms with E-state index in [0.29, 0.717) is 5.95 Å². The fraction of sp³-hybridized carbons (Fsp3) is 0.0462. The summed E-state index contributed by atoms with van der Waals surface area (Å²) in [6.07, 6.45) is 0. The summed E-state index contributed by atoms with van der Waals surface area (Å²) in [5, 5.41) is 5.46. The summed E-state index contributed by atoms with van der Waals surface area (Å²) < 4.78 is 9.31. The highest BCUT2D eigenvalue weighted by Gasteiger charge is 2.35. The second kappa shape index (κ2) is 15.5. The van der Waals surface area contributed by atoms with E-state index in [2.05, 4.69) is 236 Å². The van der Waals surface area contributed by atoms with Crippen LogP contribution in [0.25, 0.3) is 105 Å². The first-order chi connectivity index (χ1) is 34.5. The zero-order chi connectivity index (χ0) is 46.5. The standard InChI is InChI=1S/C65H44N4O/c1-65(2)54-23-12-9-20-48(54)49-37-34-47(40-55(49)65)68-57-25-14-11-21-50(57)51-35-30-44(38-59(51)68)45-31-36-53-61(39-45)70-60-27-15-26-58(62(53)60)69(46-32-28-42(29-33-46)41-16-5-3-6-17-41)64-66-56-24-13-10-22-52(56)63(67-64)43-18-7-4-8-19-43/h3-40H,1-2H3. The Morgan fingerprint density at radius 1 is 0.429 bits per heavy atom.